The Morgan fingerprint density at radius 1 is 1.78 bits per heavy atom. The molecule has 1 N–H and O–H groups in total. The summed E-state index contributed by atoms with van der Waals surface area (Å²) in [6.45, 7) is 2.39. The lowest BCUT2D eigenvalue weighted by molar-refractivity contribution is 0.177. The van der Waals surface area contributed by atoms with E-state index in [2.05, 4.69) is 0 Å². The van der Waals surface area contributed by atoms with Gasteiger partial charge in [0.05, 0.1) is 5.78 Å². The highest BCUT2D eigenvalue weighted by Gasteiger charge is 2.35. The SMILES string of the molecule is CN1CCC1P(C)(=O)O. The lowest BCUT2D eigenvalue weighted by Gasteiger charge is -2.38. The van der Waals surface area contributed by atoms with Crippen LogP contribution in [-0.4, -0.2) is 35.8 Å². The Balaban J connectivity index is 2.54. The Bertz CT molecular complexity index is 153. The van der Waals surface area contributed by atoms with Crippen molar-refractivity contribution in [1.82, 2.24) is 4.90 Å². The fourth-order valence-electron chi connectivity index (χ4n) is 1.11. The van der Waals surface area contributed by atoms with Crippen LogP contribution in [0.5, 0.6) is 0 Å². The van der Waals surface area contributed by atoms with Crippen molar-refractivity contribution in [3.05, 3.63) is 0 Å². The average molecular weight is 149 g/mol. The molecule has 2 atom stereocenters. The van der Waals surface area contributed by atoms with Crippen LogP contribution in [-0.2, 0) is 4.57 Å². The average Bonchev–Trinajstić information content (AvgIpc) is 1.57. The van der Waals surface area contributed by atoms with E-state index in [4.69, 9.17) is 4.89 Å². The summed E-state index contributed by atoms with van der Waals surface area (Å²) < 4.78 is 10.9. The van der Waals surface area contributed by atoms with Crippen LogP contribution < -0.4 is 0 Å². The minimum Gasteiger partial charge on any atom is -0.343 e. The standard InChI is InChI=1S/C5H12NO2P/c1-6-4-3-5(6)9(2,7)8/h5H,3-4H2,1-2H3,(H,7,8). The zero-order valence-electron chi connectivity index (χ0n) is 5.74. The molecule has 3 nitrogen and oxygen atoms in total. The minimum atomic E-state index is -2.80. The van der Waals surface area contributed by atoms with Crippen LogP contribution in [0.4, 0.5) is 0 Å². The lowest BCUT2D eigenvalue weighted by Crippen LogP contribution is -2.43. The van der Waals surface area contributed by atoms with E-state index >= 15 is 0 Å². The molecule has 1 aliphatic rings. The number of hydrogen-bond acceptors (Lipinski definition) is 2. The molecule has 0 radical (unpaired) electrons. The highest BCUT2D eigenvalue weighted by atomic mass is 31.2. The Morgan fingerprint density at radius 3 is 2.33 bits per heavy atom. The van der Waals surface area contributed by atoms with Gasteiger partial charge in [0.2, 0.25) is 7.37 Å². The van der Waals surface area contributed by atoms with Gasteiger partial charge in [-0.05, 0) is 13.5 Å². The highest BCUT2D eigenvalue weighted by Crippen LogP contribution is 2.48. The van der Waals surface area contributed by atoms with Crippen molar-refractivity contribution in [2.45, 2.75) is 12.2 Å². The van der Waals surface area contributed by atoms with Crippen LogP contribution in [0.1, 0.15) is 6.42 Å². The van der Waals surface area contributed by atoms with Gasteiger partial charge in [0.25, 0.3) is 0 Å². The Labute approximate surface area is 55.1 Å². The predicted molar refractivity (Wildman–Crippen MR) is 36.8 cm³/mol. The fourth-order valence-corrected chi connectivity index (χ4v) is 2.55. The van der Waals surface area contributed by atoms with Gasteiger partial charge in [0.1, 0.15) is 0 Å². The Kier molecular flexibility index (Phi) is 1.68. The maximum Gasteiger partial charge on any atom is 0.214 e. The normalized spacial score (nSPS) is 35.2. The molecule has 0 bridgehead atoms. The first-order chi connectivity index (χ1) is 4.02. The molecule has 0 aromatic rings. The maximum atomic E-state index is 10.9. The number of rotatable bonds is 1. The third-order valence-corrected chi connectivity index (χ3v) is 3.56. The first-order valence-corrected chi connectivity index (χ1v) is 5.19. The first-order valence-electron chi connectivity index (χ1n) is 3.02. The molecule has 1 fully saturated rings. The molecule has 4 heteroatoms. The van der Waals surface area contributed by atoms with Gasteiger partial charge in [-0.1, -0.05) is 0 Å². The van der Waals surface area contributed by atoms with Gasteiger partial charge in [-0.2, -0.15) is 0 Å². The van der Waals surface area contributed by atoms with Gasteiger partial charge in [-0.3, -0.25) is 9.46 Å². The molecule has 0 aromatic carbocycles. The highest BCUT2D eigenvalue weighted by molar-refractivity contribution is 7.57. The number of likely N-dealkylation sites (tertiary alicyclic amines) is 1. The van der Waals surface area contributed by atoms with Crippen molar-refractivity contribution in [1.29, 1.82) is 0 Å². The minimum absolute atomic E-state index is 0.0579. The quantitative estimate of drug-likeness (QED) is 0.553. The van der Waals surface area contributed by atoms with Crippen LogP contribution in [0.2, 0.25) is 0 Å². The molecular formula is C5H12NO2P. The number of nitrogens with zero attached hydrogens (tertiary/aromatic N) is 1. The van der Waals surface area contributed by atoms with Crippen molar-refractivity contribution in [3.63, 3.8) is 0 Å². The van der Waals surface area contributed by atoms with E-state index in [0.717, 1.165) is 13.0 Å². The van der Waals surface area contributed by atoms with Crippen molar-refractivity contribution in [2.75, 3.05) is 20.3 Å². The lowest BCUT2D eigenvalue weighted by atomic mass is 10.2. The number of hydrogen-bond donors (Lipinski definition) is 1. The van der Waals surface area contributed by atoms with Crippen LogP contribution in [0, 0.1) is 0 Å². The predicted octanol–water partition coefficient (Wildman–Crippen LogP) is 0.548. The molecule has 1 saturated heterocycles. The summed E-state index contributed by atoms with van der Waals surface area (Å²) in [5, 5.41) is 0. The van der Waals surface area contributed by atoms with E-state index < -0.39 is 7.37 Å². The fraction of sp³-hybridized carbons (Fsp3) is 1.00. The van der Waals surface area contributed by atoms with Crippen LogP contribution in [0.15, 0.2) is 0 Å². The van der Waals surface area contributed by atoms with E-state index in [0.29, 0.717) is 0 Å². The topological polar surface area (TPSA) is 40.5 Å². The van der Waals surface area contributed by atoms with Gasteiger partial charge in [-0.15, -0.1) is 0 Å². The molecule has 2 unspecified atom stereocenters. The van der Waals surface area contributed by atoms with Crippen molar-refractivity contribution < 1.29 is 9.46 Å². The van der Waals surface area contributed by atoms with Gasteiger partial charge in [0, 0.05) is 13.2 Å². The third-order valence-electron chi connectivity index (χ3n) is 1.80. The molecule has 0 aliphatic carbocycles. The van der Waals surface area contributed by atoms with E-state index in [1.165, 1.54) is 6.66 Å². The molecule has 1 heterocycles. The molecule has 1 rings (SSSR count). The first kappa shape index (κ1) is 7.26. The van der Waals surface area contributed by atoms with Crippen molar-refractivity contribution in [3.8, 4) is 0 Å². The summed E-state index contributed by atoms with van der Waals surface area (Å²) in [7, 11) is -0.925. The van der Waals surface area contributed by atoms with E-state index in [1.54, 1.807) is 0 Å². The molecule has 0 amide bonds. The van der Waals surface area contributed by atoms with E-state index in [-0.39, 0.29) is 5.78 Å². The summed E-state index contributed by atoms with van der Waals surface area (Å²) in [4.78, 5) is 10.9. The molecule has 0 spiro atoms. The summed E-state index contributed by atoms with van der Waals surface area (Å²) in [6, 6.07) is 0. The maximum absolute atomic E-state index is 10.9. The van der Waals surface area contributed by atoms with Crippen LogP contribution in [0.3, 0.4) is 0 Å². The van der Waals surface area contributed by atoms with Crippen molar-refractivity contribution in [2.24, 2.45) is 0 Å². The zero-order chi connectivity index (χ0) is 7.07. The molecular weight excluding hydrogens is 137 g/mol. The Morgan fingerprint density at radius 2 is 2.33 bits per heavy atom. The van der Waals surface area contributed by atoms with Gasteiger partial charge < -0.3 is 4.89 Å². The largest absolute Gasteiger partial charge is 0.343 e. The van der Waals surface area contributed by atoms with Crippen LogP contribution >= 0.6 is 7.37 Å². The summed E-state index contributed by atoms with van der Waals surface area (Å²) in [6.07, 6.45) is 0.876. The zero-order valence-corrected chi connectivity index (χ0v) is 6.64. The van der Waals surface area contributed by atoms with Gasteiger partial charge in [0.15, 0.2) is 0 Å². The third kappa shape index (κ3) is 1.34. The Hall–Kier alpha value is 0.150. The summed E-state index contributed by atoms with van der Waals surface area (Å²) in [5.41, 5.74) is 0. The molecule has 9 heavy (non-hydrogen) atoms. The van der Waals surface area contributed by atoms with Crippen LogP contribution in [0.25, 0.3) is 0 Å². The second-order valence-electron chi connectivity index (χ2n) is 2.69. The second kappa shape index (κ2) is 2.08. The smallest absolute Gasteiger partial charge is 0.214 e. The summed E-state index contributed by atoms with van der Waals surface area (Å²) >= 11 is 0. The van der Waals surface area contributed by atoms with Gasteiger partial charge >= 0.3 is 0 Å². The molecule has 0 aromatic heterocycles. The van der Waals surface area contributed by atoms with Gasteiger partial charge in [-0.25, -0.2) is 0 Å². The molecule has 0 saturated carbocycles. The van der Waals surface area contributed by atoms with Crippen molar-refractivity contribution >= 4 is 7.37 Å². The monoisotopic (exact) mass is 149 g/mol. The van der Waals surface area contributed by atoms with E-state index in [9.17, 15) is 4.57 Å². The molecule has 54 valence electrons. The second-order valence-corrected chi connectivity index (χ2v) is 5.18. The molecule has 1 aliphatic heterocycles. The van der Waals surface area contributed by atoms with E-state index in [1.807, 2.05) is 11.9 Å². The summed E-state index contributed by atoms with van der Waals surface area (Å²) in [5.74, 6) is -0.0579.